The van der Waals surface area contributed by atoms with E-state index in [-0.39, 0.29) is 34.0 Å². The van der Waals surface area contributed by atoms with E-state index in [0.29, 0.717) is 27.8 Å². The van der Waals surface area contributed by atoms with Gasteiger partial charge in [0, 0.05) is 24.3 Å². The lowest BCUT2D eigenvalue weighted by Crippen LogP contribution is -2.32. The molecule has 0 aliphatic carbocycles. The first-order valence-electron chi connectivity index (χ1n) is 11.5. The van der Waals surface area contributed by atoms with Crippen LogP contribution in [0.2, 0.25) is 10.0 Å². The second-order valence-corrected chi connectivity index (χ2v) is 10.0. The van der Waals surface area contributed by atoms with Gasteiger partial charge in [0.1, 0.15) is 22.6 Å². The zero-order valence-electron chi connectivity index (χ0n) is 20.2. The second kappa shape index (κ2) is 8.84. The largest absolute Gasteiger partial charge is 0.507 e. The first-order valence-corrected chi connectivity index (χ1v) is 12.2. The zero-order chi connectivity index (χ0) is 25.9. The minimum Gasteiger partial charge on any atom is -0.507 e. The number of pyridine rings is 1. The number of imidazole rings is 1. The van der Waals surface area contributed by atoms with Crippen molar-refractivity contribution >= 4 is 34.8 Å². The van der Waals surface area contributed by atoms with Gasteiger partial charge in [0.15, 0.2) is 5.69 Å². The summed E-state index contributed by atoms with van der Waals surface area (Å²) in [5.74, 6) is 0.266. The molecule has 1 aliphatic rings. The van der Waals surface area contributed by atoms with Crippen molar-refractivity contribution in [3.8, 4) is 17.1 Å². The molecule has 5 rings (SSSR count). The van der Waals surface area contributed by atoms with Crippen LogP contribution in [0, 0.1) is 6.92 Å². The summed E-state index contributed by atoms with van der Waals surface area (Å²) in [4.78, 5) is 32.7. The van der Waals surface area contributed by atoms with E-state index in [1.807, 2.05) is 43.5 Å². The number of phenols is 1. The smallest absolute Gasteiger partial charge is 0.279 e. The Morgan fingerprint density at radius 1 is 1.06 bits per heavy atom. The Hall–Kier alpha value is -3.55. The fraction of sp³-hybridized carbons (Fsp3) is 0.222. The molecule has 7 nitrogen and oxygen atoms in total. The van der Waals surface area contributed by atoms with Crippen LogP contribution in [0.25, 0.3) is 11.4 Å². The average Bonchev–Trinajstić information content (AvgIpc) is 3.33. The van der Waals surface area contributed by atoms with Crippen molar-refractivity contribution in [2.24, 2.45) is 7.05 Å². The van der Waals surface area contributed by atoms with Gasteiger partial charge in [-0.2, -0.15) is 0 Å². The highest BCUT2D eigenvalue weighted by molar-refractivity contribution is 6.31. The Kier molecular flexibility index (Phi) is 5.93. The van der Waals surface area contributed by atoms with Gasteiger partial charge in [0.2, 0.25) is 0 Å². The third kappa shape index (κ3) is 3.70. The molecule has 2 aromatic carbocycles. The molecule has 36 heavy (non-hydrogen) atoms. The van der Waals surface area contributed by atoms with Crippen LogP contribution in [-0.4, -0.2) is 25.1 Å². The van der Waals surface area contributed by atoms with Gasteiger partial charge in [-0.25, -0.2) is 4.98 Å². The monoisotopic (exact) mass is 522 g/mol. The number of carbonyl (C=O) groups is 1. The van der Waals surface area contributed by atoms with Gasteiger partial charge in [-0.15, -0.1) is 0 Å². The molecule has 0 fully saturated rings. The molecule has 1 atom stereocenters. The number of anilines is 1. The fourth-order valence-corrected chi connectivity index (χ4v) is 5.35. The maximum Gasteiger partial charge on any atom is 0.279 e. The lowest BCUT2D eigenvalue weighted by atomic mass is 9.98. The number of aromatic nitrogens is 3. The number of benzene rings is 2. The van der Waals surface area contributed by atoms with E-state index in [4.69, 9.17) is 28.2 Å². The van der Waals surface area contributed by atoms with Gasteiger partial charge in [-0.3, -0.25) is 14.5 Å². The van der Waals surface area contributed by atoms with Gasteiger partial charge in [0.05, 0.1) is 16.9 Å². The SMILES string of the molecule is Cc1cc(Cl)ccc1C1c2c(nc(-c3ccccc3O)n2C(C)C)C(=O)N1c1cc(Cl)c(=O)n(C)c1. The van der Waals surface area contributed by atoms with Crippen molar-refractivity contribution in [2.45, 2.75) is 32.9 Å². The van der Waals surface area contributed by atoms with Crippen LogP contribution in [0.3, 0.4) is 0 Å². The summed E-state index contributed by atoms with van der Waals surface area (Å²) < 4.78 is 3.35. The van der Waals surface area contributed by atoms with Crippen molar-refractivity contribution in [3.63, 3.8) is 0 Å². The number of rotatable bonds is 4. The normalized spacial score (nSPS) is 15.1. The summed E-state index contributed by atoms with van der Waals surface area (Å²) in [6, 6.07) is 13.4. The van der Waals surface area contributed by atoms with Crippen molar-refractivity contribution in [1.29, 1.82) is 0 Å². The van der Waals surface area contributed by atoms with Crippen molar-refractivity contribution < 1.29 is 9.90 Å². The molecule has 2 aromatic heterocycles. The Labute approximate surface area is 218 Å². The Morgan fingerprint density at radius 2 is 1.78 bits per heavy atom. The van der Waals surface area contributed by atoms with E-state index in [2.05, 4.69) is 0 Å². The number of nitrogens with zero attached hydrogens (tertiary/aromatic N) is 4. The number of halogens is 2. The molecule has 3 heterocycles. The molecule has 1 amide bonds. The number of para-hydroxylation sites is 1. The van der Waals surface area contributed by atoms with Gasteiger partial charge in [-0.1, -0.05) is 41.4 Å². The van der Waals surface area contributed by atoms with Gasteiger partial charge in [0.25, 0.3) is 11.5 Å². The van der Waals surface area contributed by atoms with E-state index in [1.165, 1.54) is 10.6 Å². The molecule has 184 valence electrons. The maximum absolute atomic E-state index is 14.0. The minimum absolute atomic E-state index is 0.0144. The highest BCUT2D eigenvalue weighted by Gasteiger charge is 2.45. The van der Waals surface area contributed by atoms with Crippen molar-refractivity contribution in [1.82, 2.24) is 14.1 Å². The predicted octanol–water partition coefficient (Wildman–Crippen LogP) is 5.90. The number of fused-ring (bicyclic) bond motifs is 1. The van der Waals surface area contributed by atoms with Crippen molar-refractivity contribution in [2.75, 3.05) is 4.90 Å². The van der Waals surface area contributed by atoms with E-state index >= 15 is 0 Å². The maximum atomic E-state index is 14.0. The fourth-order valence-electron chi connectivity index (χ4n) is 4.88. The lowest BCUT2D eigenvalue weighted by Gasteiger charge is -2.29. The van der Waals surface area contributed by atoms with E-state index in [9.17, 15) is 14.7 Å². The number of amides is 1. The molecule has 1 aliphatic heterocycles. The van der Waals surface area contributed by atoms with E-state index < -0.39 is 6.04 Å². The number of hydrogen-bond donors (Lipinski definition) is 1. The first kappa shape index (κ1) is 24.2. The third-order valence-electron chi connectivity index (χ3n) is 6.48. The summed E-state index contributed by atoms with van der Waals surface area (Å²) in [5, 5.41) is 11.2. The highest BCUT2D eigenvalue weighted by atomic mass is 35.5. The summed E-state index contributed by atoms with van der Waals surface area (Å²) >= 11 is 12.5. The average molecular weight is 523 g/mol. The number of hydrogen-bond acceptors (Lipinski definition) is 4. The van der Waals surface area contributed by atoms with Gasteiger partial charge in [-0.05, 0) is 62.2 Å². The van der Waals surface area contributed by atoms with Crippen LogP contribution in [0.15, 0.2) is 59.5 Å². The molecule has 1 N–H and O–H groups in total. The van der Waals surface area contributed by atoms with Gasteiger partial charge < -0.3 is 14.2 Å². The minimum atomic E-state index is -0.562. The summed E-state index contributed by atoms with van der Waals surface area (Å²) in [6.45, 7) is 5.95. The van der Waals surface area contributed by atoms with E-state index in [1.54, 1.807) is 42.4 Å². The van der Waals surface area contributed by atoms with E-state index in [0.717, 1.165) is 11.1 Å². The summed E-state index contributed by atoms with van der Waals surface area (Å²) in [6.07, 6.45) is 1.60. The topological polar surface area (TPSA) is 80.4 Å². The third-order valence-corrected chi connectivity index (χ3v) is 6.98. The van der Waals surface area contributed by atoms with Crippen LogP contribution in [0.1, 0.15) is 53.2 Å². The molecule has 1 unspecified atom stereocenters. The first-order chi connectivity index (χ1) is 17.1. The summed E-state index contributed by atoms with van der Waals surface area (Å²) in [7, 11) is 1.59. The predicted molar refractivity (Wildman–Crippen MR) is 141 cm³/mol. The quantitative estimate of drug-likeness (QED) is 0.361. The van der Waals surface area contributed by atoms with Crippen LogP contribution >= 0.6 is 23.2 Å². The number of phenolic OH excluding ortho intramolecular Hbond substituents is 1. The highest BCUT2D eigenvalue weighted by Crippen LogP contribution is 2.46. The molecular weight excluding hydrogens is 499 g/mol. The van der Waals surface area contributed by atoms with Crippen LogP contribution < -0.4 is 10.5 Å². The Morgan fingerprint density at radius 3 is 2.42 bits per heavy atom. The number of carbonyl (C=O) groups excluding carboxylic acids is 1. The van der Waals surface area contributed by atoms with Crippen LogP contribution in [0.4, 0.5) is 5.69 Å². The standard InChI is InChI=1S/C27H24Cl2N4O3/c1-14(2)32-24-22(30-25(32)19-7-5-6-8-21(19)34)27(36)33(17-12-20(29)26(35)31(4)13-17)23(24)18-10-9-16(28)11-15(18)3/h5-14,23,34H,1-4H3. The molecule has 0 bridgehead atoms. The molecule has 0 saturated carbocycles. The zero-order valence-corrected chi connectivity index (χ0v) is 21.7. The molecule has 9 heteroatoms. The van der Waals surface area contributed by atoms with Gasteiger partial charge >= 0.3 is 0 Å². The molecule has 0 saturated heterocycles. The Balaban J connectivity index is 1.83. The number of aromatic hydroxyl groups is 1. The molecular formula is C27H24Cl2N4O3. The number of aryl methyl sites for hydroxylation is 2. The Bertz CT molecular complexity index is 1560. The van der Waals surface area contributed by atoms with Crippen molar-refractivity contribution in [3.05, 3.63) is 97.6 Å². The second-order valence-electron chi connectivity index (χ2n) is 9.19. The van der Waals surface area contributed by atoms with Crippen LogP contribution in [-0.2, 0) is 7.05 Å². The molecule has 4 aromatic rings. The lowest BCUT2D eigenvalue weighted by molar-refractivity contribution is 0.0989. The molecule has 0 spiro atoms. The summed E-state index contributed by atoms with van der Waals surface area (Å²) in [5.41, 5.74) is 3.41. The van der Waals surface area contributed by atoms with Crippen LogP contribution in [0.5, 0.6) is 5.75 Å². The molecule has 0 radical (unpaired) electrons.